The lowest BCUT2D eigenvalue weighted by Crippen LogP contribution is -2.46. The Hall–Kier alpha value is -3.80. The quantitative estimate of drug-likeness (QED) is 0.441. The maximum atomic E-state index is 13.6. The van der Waals surface area contributed by atoms with Crippen LogP contribution >= 0.6 is 0 Å². The van der Waals surface area contributed by atoms with Gasteiger partial charge in [0, 0.05) is 56.3 Å². The summed E-state index contributed by atoms with van der Waals surface area (Å²) in [6.45, 7) is 3.77. The third-order valence-electron chi connectivity index (χ3n) is 6.19. The Morgan fingerprint density at radius 1 is 1.17 bits per heavy atom. The second-order valence-corrected chi connectivity index (χ2v) is 8.57. The van der Waals surface area contributed by atoms with Crippen LogP contribution in [-0.4, -0.2) is 48.5 Å². The summed E-state index contributed by atoms with van der Waals surface area (Å²) in [4.78, 5) is 19.1. The first-order valence-corrected chi connectivity index (χ1v) is 11.8. The molecule has 7 nitrogen and oxygen atoms in total. The van der Waals surface area contributed by atoms with E-state index in [1.165, 1.54) is 12.1 Å². The highest BCUT2D eigenvalue weighted by Gasteiger charge is 2.27. The largest absolute Gasteiger partial charge is 0.370 e. The van der Waals surface area contributed by atoms with Gasteiger partial charge in [-0.2, -0.15) is 5.26 Å². The van der Waals surface area contributed by atoms with Crippen LogP contribution in [0.15, 0.2) is 60.7 Å². The number of hydrogen-bond acceptors (Lipinski definition) is 6. The molecule has 1 fully saturated rings. The molecular formula is C27H29FN6O. The predicted octanol–water partition coefficient (Wildman–Crippen LogP) is 3.24. The minimum atomic E-state index is -0.377. The number of carbonyl (C=O) groups is 1. The molecule has 1 saturated heterocycles. The molecule has 0 aliphatic carbocycles. The van der Waals surface area contributed by atoms with Crippen molar-refractivity contribution < 1.29 is 9.18 Å². The zero-order valence-electron chi connectivity index (χ0n) is 19.5. The molecule has 35 heavy (non-hydrogen) atoms. The van der Waals surface area contributed by atoms with Crippen molar-refractivity contribution in [3.8, 4) is 17.3 Å². The van der Waals surface area contributed by atoms with Crippen molar-refractivity contribution in [3.63, 3.8) is 0 Å². The van der Waals surface area contributed by atoms with Crippen LogP contribution in [-0.2, 0) is 11.2 Å². The van der Waals surface area contributed by atoms with Gasteiger partial charge in [-0.05, 0) is 36.2 Å². The molecule has 2 heterocycles. The van der Waals surface area contributed by atoms with Crippen LogP contribution in [0.3, 0.4) is 0 Å². The molecule has 3 aromatic rings. The van der Waals surface area contributed by atoms with Gasteiger partial charge in [-0.1, -0.05) is 36.4 Å². The number of aromatic nitrogens is 1. The van der Waals surface area contributed by atoms with Crippen LogP contribution in [0.4, 0.5) is 10.2 Å². The summed E-state index contributed by atoms with van der Waals surface area (Å²) in [7, 11) is 0. The van der Waals surface area contributed by atoms with Crippen molar-refractivity contribution in [2.45, 2.75) is 18.9 Å². The summed E-state index contributed by atoms with van der Waals surface area (Å²) in [5.41, 5.74) is 9.34. The van der Waals surface area contributed by atoms with E-state index in [2.05, 4.69) is 21.6 Å². The zero-order chi connectivity index (χ0) is 24.6. The van der Waals surface area contributed by atoms with Gasteiger partial charge in [-0.25, -0.2) is 9.37 Å². The predicted molar refractivity (Wildman–Crippen MR) is 134 cm³/mol. The fraction of sp³-hybridized carbons (Fsp3) is 0.296. The number of anilines is 1. The Bertz CT molecular complexity index is 1220. The second-order valence-electron chi connectivity index (χ2n) is 8.57. The fourth-order valence-electron chi connectivity index (χ4n) is 4.47. The number of benzene rings is 2. The maximum Gasteiger partial charge on any atom is 0.219 e. The molecule has 2 aromatic carbocycles. The summed E-state index contributed by atoms with van der Waals surface area (Å²) in [5.74, 6) is -0.00812. The smallest absolute Gasteiger partial charge is 0.219 e. The van der Waals surface area contributed by atoms with E-state index in [1.54, 1.807) is 12.1 Å². The van der Waals surface area contributed by atoms with Gasteiger partial charge in [-0.3, -0.25) is 9.69 Å². The number of carbonyl (C=O) groups excluding carboxylic acids is 1. The molecule has 180 valence electrons. The molecule has 0 spiro atoms. The van der Waals surface area contributed by atoms with E-state index in [-0.39, 0.29) is 24.2 Å². The number of pyridine rings is 1. The Labute approximate surface area is 204 Å². The van der Waals surface area contributed by atoms with Crippen molar-refractivity contribution in [3.05, 3.63) is 83.2 Å². The number of nitrogens with zero attached hydrogens (tertiary/aromatic N) is 3. The third kappa shape index (κ3) is 6.21. The minimum Gasteiger partial charge on any atom is -0.370 e. The molecule has 1 aromatic heterocycles. The van der Waals surface area contributed by atoms with Gasteiger partial charge in [0.25, 0.3) is 0 Å². The third-order valence-corrected chi connectivity index (χ3v) is 6.19. The molecule has 8 heteroatoms. The van der Waals surface area contributed by atoms with E-state index in [1.807, 2.05) is 36.4 Å². The lowest BCUT2D eigenvalue weighted by molar-refractivity contribution is -0.119. The van der Waals surface area contributed by atoms with E-state index >= 15 is 0 Å². The van der Waals surface area contributed by atoms with Crippen molar-refractivity contribution in [1.82, 2.24) is 15.2 Å². The highest BCUT2D eigenvalue weighted by molar-refractivity contribution is 5.75. The maximum absolute atomic E-state index is 13.6. The molecule has 0 radical (unpaired) electrons. The minimum absolute atomic E-state index is 0.175. The van der Waals surface area contributed by atoms with E-state index in [4.69, 9.17) is 10.7 Å². The van der Waals surface area contributed by atoms with Crippen molar-refractivity contribution in [2.75, 3.05) is 38.0 Å². The molecule has 0 saturated carbocycles. The van der Waals surface area contributed by atoms with Crippen molar-refractivity contribution >= 4 is 11.7 Å². The van der Waals surface area contributed by atoms with E-state index in [0.717, 1.165) is 42.9 Å². The number of hydrogen-bond donors (Lipinski definition) is 3. The van der Waals surface area contributed by atoms with Gasteiger partial charge >= 0.3 is 0 Å². The summed E-state index contributed by atoms with van der Waals surface area (Å²) < 4.78 is 13.6. The Kier molecular flexibility index (Phi) is 8.03. The average molecular weight is 473 g/mol. The number of primary amides is 1. The first-order valence-electron chi connectivity index (χ1n) is 11.8. The van der Waals surface area contributed by atoms with Crippen LogP contribution in [0.5, 0.6) is 0 Å². The fourth-order valence-corrected chi connectivity index (χ4v) is 4.47. The summed E-state index contributed by atoms with van der Waals surface area (Å²) in [6.07, 6.45) is 0.778. The second kappa shape index (κ2) is 11.6. The van der Waals surface area contributed by atoms with Gasteiger partial charge < -0.3 is 16.4 Å². The number of halogens is 1. The zero-order valence-corrected chi connectivity index (χ0v) is 19.5. The molecule has 4 N–H and O–H groups in total. The monoisotopic (exact) mass is 472 g/mol. The molecule has 1 unspecified atom stereocenters. The molecule has 1 aliphatic rings. The molecule has 0 bridgehead atoms. The first kappa shape index (κ1) is 24.3. The SMILES string of the molecule is N#Cc1ccccc1-c1ccc(C(CC(N)=O)N2CCNCC2)c(NCCc2cccc(F)c2)n1. The molecule has 1 atom stereocenters. The van der Waals surface area contributed by atoms with Crippen molar-refractivity contribution in [2.24, 2.45) is 5.73 Å². The number of nitriles is 1. The van der Waals surface area contributed by atoms with Gasteiger partial charge in [0.1, 0.15) is 11.6 Å². The number of nitrogens with one attached hydrogen (secondary N) is 2. The normalized spacial score (nSPS) is 14.7. The highest BCUT2D eigenvalue weighted by atomic mass is 19.1. The molecule has 4 rings (SSSR count). The lowest BCUT2D eigenvalue weighted by Gasteiger charge is -2.35. The van der Waals surface area contributed by atoms with E-state index in [0.29, 0.717) is 30.0 Å². The molecule has 1 aliphatic heterocycles. The van der Waals surface area contributed by atoms with Crippen LogP contribution in [0, 0.1) is 17.1 Å². The number of amides is 1. The Morgan fingerprint density at radius 3 is 2.71 bits per heavy atom. The highest BCUT2D eigenvalue weighted by Crippen LogP contribution is 2.32. The number of nitrogens with two attached hydrogens (primary N) is 1. The Balaban J connectivity index is 1.69. The number of rotatable bonds is 9. The van der Waals surface area contributed by atoms with Crippen LogP contribution in [0.1, 0.15) is 29.2 Å². The van der Waals surface area contributed by atoms with Crippen LogP contribution in [0.2, 0.25) is 0 Å². The summed E-state index contributed by atoms with van der Waals surface area (Å²) >= 11 is 0. The van der Waals surface area contributed by atoms with E-state index in [9.17, 15) is 14.4 Å². The van der Waals surface area contributed by atoms with Crippen molar-refractivity contribution in [1.29, 1.82) is 5.26 Å². The molecule has 1 amide bonds. The topological polar surface area (TPSA) is 107 Å². The summed E-state index contributed by atoms with van der Waals surface area (Å²) in [6, 6.07) is 19.7. The molecular weight excluding hydrogens is 443 g/mol. The van der Waals surface area contributed by atoms with Crippen LogP contribution < -0.4 is 16.4 Å². The lowest BCUT2D eigenvalue weighted by atomic mass is 9.98. The Morgan fingerprint density at radius 2 is 1.97 bits per heavy atom. The standard InChI is InChI=1S/C27H29FN6O/c28-21-6-3-4-19(16-21)10-11-32-27-23(25(17-26(30)35)34-14-12-31-13-15-34)8-9-24(33-27)22-7-2-1-5-20(22)18-29/h1-9,16,25,31H,10-15,17H2,(H2,30,35)(H,32,33). The van der Waals surface area contributed by atoms with Gasteiger partial charge in [0.05, 0.1) is 17.3 Å². The first-order chi connectivity index (χ1) is 17.0. The summed E-state index contributed by atoms with van der Waals surface area (Å²) in [5, 5.41) is 16.3. The van der Waals surface area contributed by atoms with Gasteiger partial charge in [0.2, 0.25) is 5.91 Å². The number of piperazine rings is 1. The van der Waals surface area contributed by atoms with Gasteiger partial charge in [0.15, 0.2) is 0 Å². The van der Waals surface area contributed by atoms with Gasteiger partial charge in [-0.15, -0.1) is 0 Å². The van der Waals surface area contributed by atoms with E-state index < -0.39 is 0 Å². The average Bonchev–Trinajstić information content (AvgIpc) is 2.88. The van der Waals surface area contributed by atoms with Crippen LogP contribution in [0.25, 0.3) is 11.3 Å².